The zero-order valence-electron chi connectivity index (χ0n) is 12.3. The minimum absolute atomic E-state index is 0.277. The van der Waals surface area contributed by atoms with Gasteiger partial charge in [-0.2, -0.15) is 0 Å². The van der Waals surface area contributed by atoms with Gasteiger partial charge in [0.1, 0.15) is 0 Å². The van der Waals surface area contributed by atoms with Crippen LogP contribution in [0.15, 0.2) is 18.2 Å². The molecule has 18 heavy (non-hydrogen) atoms. The topological polar surface area (TPSA) is 15.3 Å². The Kier molecular flexibility index (Phi) is 5.48. The van der Waals surface area contributed by atoms with Gasteiger partial charge >= 0.3 is 0 Å². The first-order valence-corrected chi connectivity index (χ1v) is 6.95. The molecule has 0 aliphatic carbocycles. The zero-order chi connectivity index (χ0) is 13.9. The van der Waals surface area contributed by atoms with E-state index in [1.165, 1.54) is 5.69 Å². The highest BCUT2D eigenvalue weighted by Crippen LogP contribution is 2.28. The highest BCUT2D eigenvalue weighted by molar-refractivity contribution is 6.31. The van der Waals surface area contributed by atoms with E-state index in [9.17, 15) is 0 Å². The lowest BCUT2D eigenvalue weighted by Crippen LogP contribution is -2.33. The molecule has 1 aromatic rings. The van der Waals surface area contributed by atoms with Gasteiger partial charge < -0.3 is 10.2 Å². The molecule has 1 rings (SSSR count). The third-order valence-electron chi connectivity index (χ3n) is 3.87. The summed E-state index contributed by atoms with van der Waals surface area (Å²) in [5.74, 6) is 0.615. The molecule has 1 aromatic carbocycles. The van der Waals surface area contributed by atoms with Crippen LogP contribution in [0.25, 0.3) is 0 Å². The Morgan fingerprint density at radius 3 is 2.22 bits per heavy atom. The van der Waals surface area contributed by atoms with Gasteiger partial charge in [0, 0.05) is 29.8 Å². The minimum Gasteiger partial charge on any atom is -0.372 e. The Labute approximate surface area is 116 Å². The van der Waals surface area contributed by atoms with Gasteiger partial charge in [0.2, 0.25) is 0 Å². The first kappa shape index (κ1) is 15.3. The maximum Gasteiger partial charge on any atom is 0.0474 e. The molecule has 0 fully saturated rings. The number of benzene rings is 1. The van der Waals surface area contributed by atoms with Crippen LogP contribution in [0.3, 0.4) is 0 Å². The second-order valence-electron chi connectivity index (χ2n) is 5.31. The van der Waals surface area contributed by atoms with Crippen molar-refractivity contribution >= 4 is 17.3 Å². The normalized spacial score (nSPS) is 14.7. The molecule has 2 atom stereocenters. The molecule has 0 aliphatic rings. The van der Waals surface area contributed by atoms with Crippen molar-refractivity contribution in [1.29, 1.82) is 0 Å². The Bertz CT molecular complexity index is 390. The zero-order valence-corrected chi connectivity index (χ0v) is 13.0. The summed E-state index contributed by atoms with van der Waals surface area (Å²) in [6.07, 6.45) is 0. The van der Waals surface area contributed by atoms with E-state index < -0.39 is 0 Å². The van der Waals surface area contributed by atoms with Crippen LogP contribution in [0.4, 0.5) is 5.69 Å². The number of nitrogens with one attached hydrogen (secondary N) is 1. The average Bonchev–Trinajstić information content (AvgIpc) is 2.35. The maximum absolute atomic E-state index is 6.36. The number of anilines is 1. The molecule has 3 heteroatoms. The SMILES string of the molecule is CNC(C)c1ccc(N(C)C(C)C(C)C)cc1Cl. The highest BCUT2D eigenvalue weighted by Gasteiger charge is 2.15. The van der Waals surface area contributed by atoms with Crippen LogP contribution < -0.4 is 10.2 Å². The lowest BCUT2D eigenvalue weighted by atomic mass is 10.0. The first-order valence-electron chi connectivity index (χ1n) is 6.58. The van der Waals surface area contributed by atoms with Crippen molar-refractivity contribution in [2.45, 2.75) is 39.8 Å². The monoisotopic (exact) mass is 268 g/mol. The summed E-state index contributed by atoms with van der Waals surface area (Å²) >= 11 is 6.36. The summed E-state index contributed by atoms with van der Waals surface area (Å²) in [7, 11) is 4.07. The molecule has 0 saturated carbocycles. The molecule has 0 aliphatic heterocycles. The Balaban J connectivity index is 2.97. The lowest BCUT2D eigenvalue weighted by molar-refractivity contribution is 0.505. The van der Waals surface area contributed by atoms with Gasteiger partial charge in [0.15, 0.2) is 0 Å². The van der Waals surface area contributed by atoms with E-state index in [4.69, 9.17) is 11.6 Å². The molecule has 1 N–H and O–H groups in total. The largest absolute Gasteiger partial charge is 0.372 e. The quantitative estimate of drug-likeness (QED) is 0.865. The van der Waals surface area contributed by atoms with Gasteiger partial charge in [0.05, 0.1) is 0 Å². The van der Waals surface area contributed by atoms with E-state index in [1.807, 2.05) is 7.05 Å². The summed E-state index contributed by atoms with van der Waals surface area (Å²) in [6.45, 7) is 8.82. The van der Waals surface area contributed by atoms with Crippen LogP contribution >= 0.6 is 11.6 Å². The third-order valence-corrected chi connectivity index (χ3v) is 4.19. The fourth-order valence-electron chi connectivity index (χ4n) is 1.92. The molecule has 0 amide bonds. The van der Waals surface area contributed by atoms with Crippen LogP contribution in [-0.2, 0) is 0 Å². The summed E-state index contributed by atoms with van der Waals surface area (Å²) in [5, 5.41) is 4.04. The predicted molar refractivity (Wildman–Crippen MR) is 81.6 cm³/mol. The molecule has 0 radical (unpaired) electrons. The van der Waals surface area contributed by atoms with E-state index in [1.54, 1.807) is 0 Å². The van der Waals surface area contributed by atoms with E-state index in [0.717, 1.165) is 10.6 Å². The van der Waals surface area contributed by atoms with Crippen molar-refractivity contribution in [3.05, 3.63) is 28.8 Å². The molecule has 102 valence electrons. The second-order valence-corrected chi connectivity index (χ2v) is 5.72. The Hall–Kier alpha value is -0.730. The van der Waals surface area contributed by atoms with Crippen molar-refractivity contribution < 1.29 is 0 Å². The van der Waals surface area contributed by atoms with Crippen LogP contribution in [0, 0.1) is 5.92 Å². The molecular weight excluding hydrogens is 244 g/mol. The fraction of sp³-hybridized carbons (Fsp3) is 0.600. The highest BCUT2D eigenvalue weighted by atomic mass is 35.5. The standard InChI is InChI=1S/C15H25ClN2/c1-10(2)12(4)18(6)13-7-8-14(11(3)17-5)15(16)9-13/h7-12,17H,1-6H3. The van der Waals surface area contributed by atoms with E-state index >= 15 is 0 Å². The van der Waals surface area contributed by atoms with Gasteiger partial charge in [-0.15, -0.1) is 0 Å². The number of hydrogen-bond donors (Lipinski definition) is 1. The number of hydrogen-bond acceptors (Lipinski definition) is 2. The summed E-state index contributed by atoms with van der Waals surface area (Å²) in [4.78, 5) is 2.28. The summed E-state index contributed by atoms with van der Waals surface area (Å²) < 4.78 is 0. The molecule has 0 saturated heterocycles. The third kappa shape index (κ3) is 3.39. The lowest BCUT2D eigenvalue weighted by Gasteiger charge is -2.30. The molecule has 0 heterocycles. The van der Waals surface area contributed by atoms with Gasteiger partial charge in [-0.3, -0.25) is 0 Å². The molecule has 2 unspecified atom stereocenters. The van der Waals surface area contributed by atoms with Crippen molar-refractivity contribution in [3.63, 3.8) is 0 Å². The van der Waals surface area contributed by atoms with Crippen LogP contribution in [0.2, 0.25) is 5.02 Å². The minimum atomic E-state index is 0.277. The Morgan fingerprint density at radius 1 is 1.17 bits per heavy atom. The van der Waals surface area contributed by atoms with E-state index in [2.05, 4.69) is 63.2 Å². The second kappa shape index (κ2) is 6.44. The molecule has 0 aromatic heterocycles. The van der Waals surface area contributed by atoms with Crippen molar-refractivity contribution in [1.82, 2.24) is 5.32 Å². The van der Waals surface area contributed by atoms with Crippen molar-refractivity contribution in [3.8, 4) is 0 Å². The maximum atomic E-state index is 6.36. The molecule has 0 bridgehead atoms. The number of halogens is 1. The van der Waals surface area contributed by atoms with Crippen LogP contribution in [0.5, 0.6) is 0 Å². The van der Waals surface area contributed by atoms with Gasteiger partial charge in [-0.1, -0.05) is 31.5 Å². The van der Waals surface area contributed by atoms with Gasteiger partial charge in [-0.05, 0) is 44.5 Å². The van der Waals surface area contributed by atoms with Crippen LogP contribution in [0.1, 0.15) is 39.3 Å². The smallest absolute Gasteiger partial charge is 0.0474 e. The Morgan fingerprint density at radius 2 is 1.78 bits per heavy atom. The fourth-order valence-corrected chi connectivity index (χ4v) is 2.26. The first-order chi connectivity index (χ1) is 8.38. The molecule has 2 nitrogen and oxygen atoms in total. The van der Waals surface area contributed by atoms with E-state index in [-0.39, 0.29) is 6.04 Å². The predicted octanol–water partition coefficient (Wildman–Crippen LogP) is 4.10. The van der Waals surface area contributed by atoms with E-state index in [0.29, 0.717) is 12.0 Å². The van der Waals surface area contributed by atoms with Gasteiger partial charge in [0.25, 0.3) is 0 Å². The summed E-state index contributed by atoms with van der Waals surface area (Å²) in [5.41, 5.74) is 2.32. The average molecular weight is 269 g/mol. The molecular formula is C15H25ClN2. The van der Waals surface area contributed by atoms with Gasteiger partial charge in [-0.25, -0.2) is 0 Å². The summed E-state index contributed by atoms with van der Waals surface area (Å²) in [6, 6.07) is 7.09. The molecule has 0 spiro atoms. The van der Waals surface area contributed by atoms with Crippen molar-refractivity contribution in [2.24, 2.45) is 5.92 Å². The number of nitrogens with zero attached hydrogens (tertiary/aromatic N) is 1. The van der Waals surface area contributed by atoms with Crippen LogP contribution in [-0.4, -0.2) is 20.1 Å². The van der Waals surface area contributed by atoms with Crippen molar-refractivity contribution in [2.75, 3.05) is 19.0 Å². The number of rotatable bonds is 5.